The molecule has 0 spiro atoms. The molecule has 3 heterocycles. The summed E-state index contributed by atoms with van der Waals surface area (Å²) in [6.07, 6.45) is 11.8. The molecule has 35 heavy (non-hydrogen) atoms. The fourth-order valence-corrected chi connectivity index (χ4v) is 5.79. The number of carbonyl (C=O) groups is 2. The van der Waals surface area contributed by atoms with E-state index in [1.807, 2.05) is 26.8 Å². The molecule has 1 N–H and O–H groups in total. The minimum absolute atomic E-state index is 0.0151. The van der Waals surface area contributed by atoms with Gasteiger partial charge in [0.05, 0.1) is 5.41 Å². The molecule has 0 aromatic heterocycles. The van der Waals surface area contributed by atoms with E-state index in [-0.39, 0.29) is 12.1 Å². The molecule has 4 fully saturated rings. The van der Waals surface area contributed by atoms with Crippen molar-refractivity contribution in [2.24, 2.45) is 5.92 Å². The number of esters is 1. The van der Waals surface area contributed by atoms with Crippen molar-refractivity contribution in [3.8, 4) is 0 Å². The maximum Gasteiger partial charge on any atom is 0.407 e. The third-order valence-electron chi connectivity index (χ3n) is 7.68. The Hall–Kier alpha value is -2.34. The Balaban J connectivity index is 1.39. The molecule has 6 heteroatoms. The molecule has 3 aliphatic heterocycles. The molecule has 6 nitrogen and oxygen atoms in total. The highest BCUT2D eigenvalue weighted by Crippen LogP contribution is 2.42. The number of nitrogens with zero attached hydrogens (tertiary/aromatic N) is 1. The summed E-state index contributed by atoms with van der Waals surface area (Å²) in [6.45, 7) is 9.26. The van der Waals surface area contributed by atoms with Gasteiger partial charge in [-0.1, -0.05) is 55.7 Å². The van der Waals surface area contributed by atoms with Gasteiger partial charge in [0.25, 0.3) is 0 Å². The van der Waals surface area contributed by atoms with Crippen molar-refractivity contribution in [2.45, 2.75) is 89.3 Å². The molecule has 5 rings (SSSR count). The average Bonchev–Trinajstić information content (AvgIpc) is 2.84. The van der Waals surface area contributed by atoms with E-state index in [4.69, 9.17) is 9.47 Å². The number of fused-ring (bicyclic) bond motifs is 3. The first kappa shape index (κ1) is 25.7. The lowest BCUT2D eigenvalue weighted by molar-refractivity contribution is -0.167. The minimum Gasteiger partial charge on any atom is -0.460 e. The summed E-state index contributed by atoms with van der Waals surface area (Å²) in [4.78, 5) is 28.0. The lowest BCUT2D eigenvalue weighted by Crippen LogP contribution is -2.53. The molecule has 1 aromatic rings. The van der Waals surface area contributed by atoms with E-state index < -0.39 is 17.1 Å². The van der Waals surface area contributed by atoms with Crippen LogP contribution in [0.5, 0.6) is 0 Å². The van der Waals surface area contributed by atoms with Gasteiger partial charge < -0.3 is 14.8 Å². The highest BCUT2D eigenvalue weighted by molar-refractivity contribution is 5.84. The summed E-state index contributed by atoms with van der Waals surface area (Å²) in [5.74, 6) is 0.506. The number of amides is 1. The standard InChI is InChI=1S/C29H42N2O4/c1-28(2,3)35-27(33)30-17-8-5-10-22-11-9-12-24(20-22)29(15-6-4-7-16-29)26(32)34-25-21-31-18-13-23(25)14-19-31/h5,9-12,20,23,25H,4,6-8,13-19,21H2,1-3H3,(H,30,33)/b10-5+. The lowest BCUT2D eigenvalue weighted by Gasteiger charge is -2.45. The Bertz CT molecular complexity index is 906. The van der Waals surface area contributed by atoms with Crippen LogP contribution in [0.3, 0.4) is 0 Å². The molecule has 1 aromatic carbocycles. The topological polar surface area (TPSA) is 67.9 Å². The van der Waals surface area contributed by atoms with Crippen molar-refractivity contribution in [1.29, 1.82) is 0 Å². The van der Waals surface area contributed by atoms with Gasteiger partial charge in [0.2, 0.25) is 0 Å². The van der Waals surface area contributed by atoms with E-state index in [0.29, 0.717) is 18.9 Å². The molecule has 192 valence electrons. The molecular formula is C29H42N2O4. The summed E-state index contributed by atoms with van der Waals surface area (Å²) < 4.78 is 11.6. The molecular weight excluding hydrogens is 440 g/mol. The van der Waals surface area contributed by atoms with Crippen molar-refractivity contribution in [1.82, 2.24) is 10.2 Å². The van der Waals surface area contributed by atoms with Gasteiger partial charge in [0, 0.05) is 13.1 Å². The number of nitrogens with one attached hydrogen (secondary N) is 1. The lowest BCUT2D eigenvalue weighted by atomic mass is 9.69. The zero-order valence-electron chi connectivity index (χ0n) is 21.7. The van der Waals surface area contributed by atoms with Gasteiger partial charge in [-0.25, -0.2) is 4.79 Å². The molecule has 1 saturated carbocycles. The summed E-state index contributed by atoms with van der Waals surface area (Å²) in [6, 6.07) is 8.37. The Kier molecular flexibility index (Phi) is 8.20. The highest BCUT2D eigenvalue weighted by Gasteiger charge is 2.45. The highest BCUT2D eigenvalue weighted by atomic mass is 16.6. The van der Waals surface area contributed by atoms with Crippen LogP contribution in [0.4, 0.5) is 4.79 Å². The quantitative estimate of drug-likeness (QED) is 0.413. The van der Waals surface area contributed by atoms with Crippen LogP contribution in [0.15, 0.2) is 30.3 Å². The summed E-state index contributed by atoms with van der Waals surface area (Å²) in [7, 11) is 0. The van der Waals surface area contributed by atoms with Crippen molar-refractivity contribution >= 4 is 18.1 Å². The van der Waals surface area contributed by atoms with E-state index in [2.05, 4.69) is 40.6 Å². The van der Waals surface area contributed by atoms with Gasteiger partial charge in [-0.3, -0.25) is 9.69 Å². The first-order chi connectivity index (χ1) is 16.7. The first-order valence-electron chi connectivity index (χ1n) is 13.4. The van der Waals surface area contributed by atoms with Gasteiger partial charge in [-0.2, -0.15) is 0 Å². The van der Waals surface area contributed by atoms with Crippen LogP contribution in [0.25, 0.3) is 6.08 Å². The monoisotopic (exact) mass is 482 g/mol. The number of alkyl carbamates (subject to hydrolysis) is 1. The van der Waals surface area contributed by atoms with E-state index in [9.17, 15) is 9.59 Å². The van der Waals surface area contributed by atoms with E-state index in [0.717, 1.165) is 69.3 Å². The Morgan fingerprint density at radius 2 is 1.89 bits per heavy atom. The molecule has 4 aliphatic rings. The van der Waals surface area contributed by atoms with E-state index >= 15 is 0 Å². The van der Waals surface area contributed by atoms with Gasteiger partial charge >= 0.3 is 12.1 Å². The number of piperidine rings is 3. The van der Waals surface area contributed by atoms with Crippen LogP contribution in [0.1, 0.15) is 83.3 Å². The zero-order valence-corrected chi connectivity index (χ0v) is 21.7. The molecule has 1 unspecified atom stereocenters. The third-order valence-corrected chi connectivity index (χ3v) is 7.68. The predicted octanol–water partition coefficient (Wildman–Crippen LogP) is 5.45. The summed E-state index contributed by atoms with van der Waals surface area (Å²) in [5.41, 5.74) is 1.12. The van der Waals surface area contributed by atoms with Crippen LogP contribution >= 0.6 is 0 Å². The largest absolute Gasteiger partial charge is 0.460 e. The molecule has 1 atom stereocenters. The number of rotatable bonds is 7. The fourth-order valence-electron chi connectivity index (χ4n) is 5.79. The van der Waals surface area contributed by atoms with Crippen LogP contribution in [-0.4, -0.2) is 54.8 Å². The molecule has 1 aliphatic carbocycles. The van der Waals surface area contributed by atoms with Crippen molar-refractivity contribution in [2.75, 3.05) is 26.2 Å². The maximum absolute atomic E-state index is 13.7. The number of carbonyl (C=O) groups excluding carboxylic acids is 2. The smallest absolute Gasteiger partial charge is 0.407 e. The van der Waals surface area contributed by atoms with Gasteiger partial charge in [-0.05, 0) is 83.0 Å². The Labute approximate surface area is 210 Å². The molecule has 2 bridgehead atoms. The molecule has 0 radical (unpaired) electrons. The number of ether oxygens (including phenoxy) is 2. The van der Waals surface area contributed by atoms with Crippen LogP contribution in [0.2, 0.25) is 0 Å². The van der Waals surface area contributed by atoms with Gasteiger partial charge in [0.15, 0.2) is 0 Å². The van der Waals surface area contributed by atoms with Crippen LogP contribution < -0.4 is 5.32 Å². The summed E-state index contributed by atoms with van der Waals surface area (Å²) >= 11 is 0. The number of hydrogen-bond acceptors (Lipinski definition) is 5. The average molecular weight is 483 g/mol. The van der Waals surface area contributed by atoms with E-state index in [1.54, 1.807) is 0 Å². The Morgan fingerprint density at radius 3 is 2.54 bits per heavy atom. The number of benzene rings is 1. The minimum atomic E-state index is -0.535. The van der Waals surface area contributed by atoms with Crippen LogP contribution in [-0.2, 0) is 19.7 Å². The fraction of sp³-hybridized carbons (Fsp3) is 0.655. The predicted molar refractivity (Wildman–Crippen MR) is 138 cm³/mol. The first-order valence-corrected chi connectivity index (χ1v) is 13.4. The second kappa shape index (κ2) is 11.2. The second-order valence-corrected chi connectivity index (χ2v) is 11.5. The van der Waals surface area contributed by atoms with Gasteiger partial charge in [0.1, 0.15) is 11.7 Å². The van der Waals surface area contributed by atoms with Gasteiger partial charge in [-0.15, -0.1) is 0 Å². The number of hydrogen-bond donors (Lipinski definition) is 1. The normalized spacial score (nSPS) is 25.9. The SMILES string of the molecule is CC(C)(C)OC(=O)NCC/C=C/c1cccc(C2(C(=O)OC3CN4CCC3CC4)CCCCC2)c1. The van der Waals surface area contributed by atoms with Crippen molar-refractivity contribution < 1.29 is 19.1 Å². The second-order valence-electron chi connectivity index (χ2n) is 11.5. The zero-order chi connectivity index (χ0) is 24.9. The third kappa shape index (κ3) is 6.66. The Morgan fingerprint density at radius 1 is 1.14 bits per heavy atom. The summed E-state index contributed by atoms with van der Waals surface area (Å²) in [5, 5.41) is 2.78. The molecule has 1 amide bonds. The van der Waals surface area contributed by atoms with Crippen molar-refractivity contribution in [3.63, 3.8) is 0 Å². The van der Waals surface area contributed by atoms with Crippen molar-refractivity contribution in [3.05, 3.63) is 41.5 Å². The molecule has 3 saturated heterocycles. The van der Waals surface area contributed by atoms with Crippen LogP contribution in [0, 0.1) is 5.92 Å². The maximum atomic E-state index is 13.7. The van der Waals surface area contributed by atoms with E-state index in [1.165, 1.54) is 6.42 Å².